The molecule has 0 atom stereocenters. The van der Waals surface area contributed by atoms with Gasteiger partial charge in [0, 0.05) is 5.38 Å². The summed E-state index contributed by atoms with van der Waals surface area (Å²) in [5, 5.41) is 6.84. The van der Waals surface area contributed by atoms with Crippen LogP contribution < -0.4 is 5.43 Å². The van der Waals surface area contributed by atoms with Crippen molar-refractivity contribution in [2.24, 2.45) is 5.10 Å². The van der Waals surface area contributed by atoms with Gasteiger partial charge in [0.2, 0.25) is 5.91 Å². The van der Waals surface area contributed by atoms with Crippen molar-refractivity contribution < 1.29 is 4.79 Å². The van der Waals surface area contributed by atoms with Gasteiger partial charge in [-0.15, -0.1) is 11.3 Å². The lowest BCUT2D eigenvalue weighted by Gasteiger charge is -2.01. The lowest BCUT2D eigenvalue weighted by Crippen LogP contribution is -2.20. The number of thiazole rings is 1. The number of hydrogen-bond donors (Lipinski definition) is 1. The minimum Gasteiger partial charge on any atom is -0.273 e. The molecular formula is C15H17N3OS. The number of nitrogens with one attached hydrogen (secondary N) is 1. The molecule has 2 aromatic rings. The number of hydrazone groups is 1. The highest BCUT2D eigenvalue weighted by atomic mass is 32.1. The van der Waals surface area contributed by atoms with E-state index in [1.54, 1.807) is 17.6 Å². The Bertz CT molecular complexity index is 646. The van der Waals surface area contributed by atoms with E-state index in [4.69, 9.17) is 0 Å². The minimum absolute atomic E-state index is 0.156. The lowest BCUT2D eigenvalue weighted by atomic mass is 10.1. The van der Waals surface area contributed by atoms with Crippen molar-refractivity contribution in [2.45, 2.75) is 27.2 Å². The van der Waals surface area contributed by atoms with Crippen LogP contribution in [0.3, 0.4) is 0 Å². The van der Waals surface area contributed by atoms with Gasteiger partial charge in [-0.05, 0) is 31.9 Å². The molecule has 5 heteroatoms. The number of carbonyl (C=O) groups is 1. The number of carbonyl (C=O) groups excluding carboxylic acids is 1. The van der Waals surface area contributed by atoms with E-state index in [2.05, 4.69) is 21.6 Å². The number of nitrogens with zero attached hydrogens (tertiary/aromatic N) is 2. The van der Waals surface area contributed by atoms with Crippen LogP contribution in [0.1, 0.15) is 27.4 Å². The maximum Gasteiger partial charge on any atom is 0.246 e. The van der Waals surface area contributed by atoms with Gasteiger partial charge in [0.15, 0.2) is 0 Å². The molecule has 0 radical (unpaired) electrons. The van der Waals surface area contributed by atoms with Crippen molar-refractivity contribution >= 4 is 23.5 Å². The highest BCUT2D eigenvalue weighted by Gasteiger charge is 2.05. The van der Waals surface area contributed by atoms with Crippen LogP contribution in [0.15, 0.2) is 28.7 Å². The predicted octanol–water partition coefficient (Wildman–Crippen LogP) is 2.76. The van der Waals surface area contributed by atoms with Crippen LogP contribution in [0.4, 0.5) is 0 Å². The number of benzene rings is 1. The first-order valence-electron chi connectivity index (χ1n) is 6.35. The van der Waals surface area contributed by atoms with E-state index in [0.717, 1.165) is 21.8 Å². The molecule has 0 spiro atoms. The molecule has 0 unspecified atom stereocenters. The Labute approximate surface area is 122 Å². The van der Waals surface area contributed by atoms with Gasteiger partial charge in [0.05, 0.1) is 23.3 Å². The standard InChI is InChI=1S/C15H17N3OS/c1-10-4-5-13(11(2)6-10)8-16-18-15(19)7-14-9-20-12(3)17-14/h4-6,8-9H,7H2,1-3H3,(H,18,19)/b16-8-. The topological polar surface area (TPSA) is 54.4 Å². The fraction of sp³-hybridized carbons (Fsp3) is 0.267. The summed E-state index contributed by atoms with van der Waals surface area (Å²) in [5.74, 6) is -0.156. The number of rotatable bonds is 4. The Balaban J connectivity index is 1.91. The summed E-state index contributed by atoms with van der Waals surface area (Å²) in [7, 11) is 0. The molecule has 0 aliphatic carbocycles. The smallest absolute Gasteiger partial charge is 0.246 e. The Morgan fingerprint density at radius 3 is 2.85 bits per heavy atom. The molecule has 1 heterocycles. The third-order valence-corrected chi connectivity index (χ3v) is 3.65. The molecule has 0 fully saturated rings. The van der Waals surface area contributed by atoms with Crippen LogP contribution in [0.25, 0.3) is 0 Å². The van der Waals surface area contributed by atoms with Gasteiger partial charge >= 0.3 is 0 Å². The molecular weight excluding hydrogens is 270 g/mol. The maximum absolute atomic E-state index is 11.7. The van der Waals surface area contributed by atoms with Crippen molar-refractivity contribution in [3.05, 3.63) is 51.0 Å². The molecule has 0 saturated carbocycles. The van der Waals surface area contributed by atoms with Gasteiger partial charge in [0.25, 0.3) is 0 Å². The fourth-order valence-corrected chi connectivity index (χ4v) is 2.45. The molecule has 1 N–H and O–H groups in total. The van der Waals surface area contributed by atoms with Crippen molar-refractivity contribution in [3.8, 4) is 0 Å². The molecule has 0 aliphatic rings. The normalized spacial score (nSPS) is 10.9. The highest BCUT2D eigenvalue weighted by Crippen LogP contribution is 2.09. The van der Waals surface area contributed by atoms with Gasteiger partial charge in [-0.1, -0.05) is 23.8 Å². The second kappa shape index (κ2) is 6.43. The van der Waals surface area contributed by atoms with E-state index in [9.17, 15) is 4.79 Å². The third kappa shape index (κ3) is 3.99. The van der Waals surface area contributed by atoms with Gasteiger partial charge in [-0.3, -0.25) is 4.79 Å². The van der Waals surface area contributed by atoms with E-state index in [1.807, 2.05) is 38.3 Å². The lowest BCUT2D eigenvalue weighted by molar-refractivity contribution is -0.120. The summed E-state index contributed by atoms with van der Waals surface area (Å²) in [5.41, 5.74) is 6.66. The summed E-state index contributed by atoms with van der Waals surface area (Å²) in [6.07, 6.45) is 1.92. The zero-order valence-corrected chi connectivity index (χ0v) is 12.6. The zero-order chi connectivity index (χ0) is 14.5. The van der Waals surface area contributed by atoms with E-state index >= 15 is 0 Å². The van der Waals surface area contributed by atoms with Crippen molar-refractivity contribution in [2.75, 3.05) is 0 Å². The summed E-state index contributed by atoms with van der Waals surface area (Å²) in [6, 6.07) is 6.10. The van der Waals surface area contributed by atoms with Crippen LogP contribution >= 0.6 is 11.3 Å². The Morgan fingerprint density at radius 2 is 2.20 bits per heavy atom. The third-order valence-electron chi connectivity index (χ3n) is 2.83. The summed E-state index contributed by atoms with van der Waals surface area (Å²) >= 11 is 1.54. The Hall–Kier alpha value is -2.01. The number of aromatic nitrogens is 1. The SMILES string of the molecule is Cc1ccc(/C=N\NC(=O)Cc2csc(C)n2)c(C)c1. The molecule has 20 heavy (non-hydrogen) atoms. The first kappa shape index (κ1) is 14.4. The molecule has 1 aromatic heterocycles. The Kier molecular flexibility index (Phi) is 4.63. The summed E-state index contributed by atoms with van der Waals surface area (Å²) < 4.78 is 0. The van der Waals surface area contributed by atoms with E-state index in [-0.39, 0.29) is 12.3 Å². The van der Waals surface area contributed by atoms with Crippen molar-refractivity contribution in [1.82, 2.24) is 10.4 Å². The van der Waals surface area contributed by atoms with Crippen molar-refractivity contribution in [3.63, 3.8) is 0 Å². The van der Waals surface area contributed by atoms with Crippen molar-refractivity contribution in [1.29, 1.82) is 0 Å². The molecule has 0 saturated heterocycles. The number of aryl methyl sites for hydroxylation is 3. The molecule has 1 aromatic carbocycles. The van der Waals surface area contributed by atoms with Crippen LogP contribution in [0.2, 0.25) is 0 Å². The van der Waals surface area contributed by atoms with Crippen LogP contribution in [-0.2, 0) is 11.2 Å². The quantitative estimate of drug-likeness (QED) is 0.694. The van der Waals surface area contributed by atoms with Gasteiger partial charge in [-0.25, -0.2) is 10.4 Å². The summed E-state index contributed by atoms with van der Waals surface area (Å²) in [6.45, 7) is 5.99. The largest absolute Gasteiger partial charge is 0.273 e. The van der Waals surface area contributed by atoms with Gasteiger partial charge in [-0.2, -0.15) is 5.10 Å². The highest BCUT2D eigenvalue weighted by molar-refractivity contribution is 7.09. The molecule has 1 amide bonds. The predicted molar refractivity (Wildman–Crippen MR) is 82.2 cm³/mol. The average Bonchev–Trinajstić information content (AvgIpc) is 2.77. The average molecular weight is 287 g/mol. The second-order valence-electron chi connectivity index (χ2n) is 4.69. The van der Waals surface area contributed by atoms with Gasteiger partial charge in [0.1, 0.15) is 0 Å². The molecule has 2 rings (SSSR count). The first-order valence-corrected chi connectivity index (χ1v) is 7.23. The molecule has 104 valence electrons. The zero-order valence-electron chi connectivity index (χ0n) is 11.8. The van der Waals surface area contributed by atoms with E-state index in [1.165, 1.54) is 5.56 Å². The maximum atomic E-state index is 11.7. The van der Waals surface area contributed by atoms with Gasteiger partial charge < -0.3 is 0 Å². The van der Waals surface area contributed by atoms with E-state index in [0.29, 0.717) is 0 Å². The number of amides is 1. The molecule has 4 nitrogen and oxygen atoms in total. The fourth-order valence-electron chi connectivity index (χ4n) is 1.84. The molecule has 0 bridgehead atoms. The monoisotopic (exact) mass is 287 g/mol. The number of hydrogen-bond acceptors (Lipinski definition) is 4. The van der Waals surface area contributed by atoms with E-state index < -0.39 is 0 Å². The Morgan fingerprint density at radius 1 is 1.40 bits per heavy atom. The molecule has 0 aliphatic heterocycles. The second-order valence-corrected chi connectivity index (χ2v) is 5.75. The summed E-state index contributed by atoms with van der Waals surface area (Å²) in [4.78, 5) is 15.9. The van der Waals surface area contributed by atoms with Crippen LogP contribution in [0, 0.1) is 20.8 Å². The van der Waals surface area contributed by atoms with Crippen LogP contribution in [0.5, 0.6) is 0 Å². The first-order chi connectivity index (χ1) is 9.54. The minimum atomic E-state index is -0.156. The van der Waals surface area contributed by atoms with Crippen LogP contribution in [-0.4, -0.2) is 17.1 Å².